The fourth-order valence-corrected chi connectivity index (χ4v) is 1.55. The standard InChI is InChI=1S/C10H10ClFN4O/c1-16-14-9(13-15-16)6-17-10-7(5-11)3-2-4-8(10)12/h2-4H,5-6H2,1H3. The van der Waals surface area contributed by atoms with E-state index in [1.165, 1.54) is 10.9 Å². The highest BCUT2D eigenvalue weighted by molar-refractivity contribution is 6.17. The van der Waals surface area contributed by atoms with Crippen LogP contribution in [0.25, 0.3) is 0 Å². The predicted octanol–water partition coefficient (Wildman–Crippen LogP) is 1.67. The topological polar surface area (TPSA) is 52.8 Å². The molecule has 1 heterocycles. The summed E-state index contributed by atoms with van der Waals surface area (Å²) in [5, 5.41) is 11.3. The summed E-state index contributed by atoms with van der Waals surface area (Å²) in [6, 6.07) is 4.60. The quantitative estimate of drug-likeness (QED) is 0.781. The Morgan fingerprint density at radius 2 is 2.29 bits per heavy atom. The molecule has 0 spiro atoms. The van der Waals surface area contributed by atoms with Gasteiger partial charge in [-0.2, -0.15) is 4.80 Å². The fraction of sp³-hybridized carbons (Fsp3) is 0.300. The van der Waals surface area contributed by atoms with Gasteiger partial charge >= 0.3 is 0 Å². The first-order valence-electron chi connectivity index (χ1n) is 4.89. The molecule has 90 valence electrons. The molecule has 0 radical (unpaired) electrons. The van der Waals surface area contributed by atoms with E-state index in [2.05, 4.69) is 15.4 Å². The van der Waals surface area contributed by atoms with Crippen LogP contribution in [0.3, 0.4) is 0 Å². The van der Waals surface area contributed by atoms with Crippen molar-refractivity contribution in [2.24, 2.45) is 7.05 Å². The van der Waals surface area contributed by atoms with Crippen molar-refractivity contribution in [3.8, 4) is 5.75 Å². The Morgan fingerprint density at radius 1 is 1.47 bits per heavy atom. The van der Waals surface area contributed by atoms with Gasteiger partial charge < -0.3 is 4.74 Å². The zero-order valence-corrected chi connectivity index (χ0v) is 9.86. The number of alkyl halides is 1. The molecule has 0 saturated heterocycles. The molecule has 7 heteroatoms. The Hall–Kier alpha value is -1.69. The molecule has 5 nitrogen and oxygen atoms in total. The van der Waals surface area contributed by atoms with Crippen molar-refractivity contribution in [2.45, 2.75) is 12.5 Å². The molecular formula is C10H10ClFN4O. The minimum absolute atomic E-state index is 0.0542. The van der Waals surface area contributed by atoms with Gasteiger partial charge in [0.05, 0.1) is 12.9 Å². The maximum Gasteiger partial charge on any atom is 0.212 e. The first kappa shape index (κ1) is 11.8. The molecule has 2 rings (SSSR count). The maximum atomic E-state index is 13.5. The summed E-state index contributed by atoms with van der Waals surface area (Å²) < 4.78 is 18.8. The summed E-state index contributed by atoms with van der Waals surface area (Å²) in [5.41, 5.74) is 0.593. The van der Waals surface area contributed by atoms with Gasteiger partial charge in [-0.25, -0.2) is 4.39 Å². The zero-order chi connectivity index (χ0) is 12.3. The third-order valence-electron chi connectivity index (χ3n) is 2.09. The van der Waals surface area contributed by atoms with Crippen LogP contribution in [-0.2, 0) is 19.5 Å². The minimum atomic E-state index is -0.452. The van der Waals surface area contributed by atoms with Gasteiger partial charge in [-0.3, -0.25) is 0 Å². The SMILES string of the molecule is Cn1nnc(COc2c(F)cccc2CCl)n1. The number of rotatable bonds is 4. The Kier molecular flexibility index (Phi) is 3.53. The van der Waals surface area contributed by atoms with Crippen LogP contribution >= 0.6 is 11.6 Å². The first-order valence-corrected chi connectivity index (χ1v) is 5.43. The van der Waals surface area contributed by atoms with Gasteiger partial charge in [-0.15, -0.1) is 21.8 Å². The Labute approximate surface area is 102 Å². The Morgan fingerprint density at radius 3 is 2.94 bits per heavy atom. The highest BCUT2D eigenvalue weighted by atomic mass is 35.5. The van der Waals surface area contributed by atoms with E-state index in [0.717, 1.165) is 0 Å². The molecule has 0 bridgehead atoms. The summed E-state index contributed by atoms with van der Waals surface area (Å²) in [5.74, 6) is 0.249. The van der Waals surface area contributed by atoms with E-state index in [1.807, 2.05) is 0 Å². The van der Waals surface area contributed by atoms with E-state index in [1.54, 1.807) is 19.2 Å². The second-order valence-electron chi connectivity index (χ2n) is 3.35. The predicted molar refractivity (Wildman–Crippen MR) is 59.1 cm³/mol. The van der Waals surface area contributed by atoms with Gasteiger partial charge in [0.25, 0.3) is 0 Å². The van der Waals surface area contributed by atoms with Crippen molar-refractivity contribution < 1.29 is 9.13 Å². The average molecular weight is 257 g/mol. The molecule has 1 aromatic carbocycles. The van der Waals surface area contributed by atoms with Crippen molar-refractivity contribution in [3.63, 3.8) is 0 Å². The number of para-hydroxylation sites is 1. The number of ether oxygens (including phenoxy) is 1. The van der Waals surface area contributed by atoms with Crippen molar-refractivity contribution in [1.82, 2.24) is 20.2 Å². The molecule has 0 fully saturated rings. The normalized spacial score (nSPS) is 10.5. The maximum absolute atomic E-state index is 13.5. The number of hydrogen-bond donors (Lipinski definition) is 0. The van der Waals surface area contributed by atoms with Crippen LogP contribution in [0.2, 0.25) is 0 Å². The summed E-state index contributed by atoms with van der Waals surface area (Å²) in [6.07, 6.45) is 0. The van der Waals surface area contributed by atoms with E-state index < -0.39 is 5.82 Å². The molecule has 0 aliphatic rings. The monoisotopic (exact) mass is 256 g/mol. The molecule has 0 aliphatic heterocycles. The number of benzene rings is 1. The molecule has 1 aromatic heterocycles. The van der Waals surface area contributed by atoms with Crippen LogP contribution < -0.4 is 4.74 Å². The van der Waals surface area contributed by atoms with Gasteiger partial charge in [0, 0.05) is 5.56 Å². The van der Waals surface area contributed by atoms with Gasteiger partial charge in [0.1, 0.15) is 0 Å². The summed E-state index contributed by atoms with van der Waals surface area (Å²) in [7, 11) is 1.64. The largest absolute Gasteiger partial charge is 0.482 e. The van der Waals surface area contributed by atoms with Gasteiger partial charge in [-0.05, 0) is 11.3 Å². The second kappa shape index (κ2) is 5.09. The number of hydrogen-bond acceptors (Lipinski definition) is 4. The Bertz CT molecular complexity index is 517. The van der Waals surface area contributed by atoms with Crippen LogP contribution in [0.15, 0.2) is 18.2 Å². The van der Waals surface area contributed by atoms with Gasteiger partial charge in [-0.1, -0.05) is 12.1 Å². The molecule has 0 unspecified atom stereocenters. The molecule has 2 aromatic rings. The number of halogens is 2. The van der Waals surface area contributed by atoms with Crippen molar-refractivity contribution in [2.75, 3.05) is 0 Å². The van der Waals surface area contributed by atoms with E-state index in [4.69, 9.17) is 16.3 Å². The lowest BCUT2D eigenvalue weighted by Gasteiger charge is -2.08. The summed E-state index contributed by atoms with van der Waals surface area (Å²) in [4.78, 5) is 1.31. The average Bonchev–Trinajstić information content (AvgIpc) is 2.73. The van der Waals surface area contributed by atoms with Gasteiger partial charge in [0.2, 0.25) is 5.82 Å². The summed E-state index contributed by atoms with van der Waals surface area (Å²) >= 11 is 5.70. The number of aromatic nitrogens is 4. The molecule has 17 heavy (non-hydrogen) atoms. The van der Waals surface area contributed by atoms with Crippen LogP contribution in [0.5, 0.6) is 5.75 Å². The van der Waals surface area contributed by atoms with Crippen LogP contribution in [0, 0.1) is 5.82 Å². The van der Waals surface area contributed by atoms with Crippen LogP contribution in [0.4, 0.5) is 4.39 Å². The lowest BCUT2D eigenvalue weighted by atomic mass is 10.2. The van der Waals surface area contributed by atoms with E-state index in [0.29, 0.717) is 11.4 Å². The number of nitrogens with zero attached hydrogens (tertiary/aromatic N) is 4. The minimum Gasteiger partial charge on any atom is -0.482 e. The Balaban J connectivity index is 2.13. The molecule has 0 amide bonds. The smallest absolute Gasteiger partial charge is 0.212 e. The molecule has 0 atom stereocenters. The third-order valence-corrected chi connectivity index (χ3v) is 2.38. The second-order valence-corrected chi connectivity index (χ2v) is 3.61. The molecule has 0 saturated carbocycles. The van der Waals surface area contributed by atoms with E-state index in [-0.39, 0.29) is 18.2 Å². The zero-order valence-electron chi connectivity index (χ0n) is 9.10. The van der Waals surface area contributed by atoms with E-state index >= 15 is 0 Å². The first-order chi connectivity index (χ1) is 8.20. The van der Waals surface area contributed by atoms with Crippen LogP contribution in [-0.4, -0.2) is 20.2 Å². The fourth-order valence-electron chi connectivity index (χ4n) is 1.34. The lowest BCUT2D eigenvalue weighted by Crippen LogP contribution is -2.02. The van der Waals surface area contributed by atoms with E-state index in [9.17, 15) is 4.39 Å². The lowest BCUT2D eigenvalue weighted by molar-refractivity contribution is 0.278. The van der Waals surface area contributed by atoms with Crippen molar-refractivity contribution in [3.05, 3.63) is 35.4 Å². The van der Waals surface area contributed by atoms with Crippen LogP contribution in [0.1, 0.15) is 11.4 Å². The van der Waals surface area contributed by atoms with Gasteiger partial charge in [0.15, 0.2) is 18.2 Å². The number of aryl methyl sites for hydroxylation is 1. The highest BCUT2D eigenvalue weighted by Crippen LogP contribution is 2.24. The molecular weight excluding hydrogens is 247 g/mol. The summed E-state index contributed by atoms with van der Waals surface area (Å²) in [6.45, 7) is 0.0542. The molecule has 0 N–H and O–H groups in total. The highest BCUT2D eigenvalue weighted by Gasteiger charge is 2.10. The van der Waals surface area contributed by atoms with Crippen molar-refractivity contribution >= 4 is 11.6 Å². The number of tetrazole rings is 1. The molecule has 0 aliphatic carbocycles. The van der Waals surface area contributed by atoms with Crippen molar-refractivity contribution in [1.29, 1.82) is 0 Å². The third kappa shape index (κ3) is 2.71.